The van der Waals surface area contributed by atoms with Crippen LogP contribution in [0.25, 0.3) is 0 Å². The maximum atomic E-state index is 13.4. The van der Waals surface area contributed by atoms with Crippen molar-refractivity contribution in [3.8, 4) is 5.75 Å². The topological polar surface area (TPSA) is 54.0 Å². The van der Waals surface area contributed by atoms with Gasteiger partial charge >= 0.3 is 0 Å². The molecule has 32 heavy (non-hydrogen) atoms. The summed E-state index contributed by atoms with van der Waals surface area (Å²) in [6.45, 7) is 6.18. The Kier molecular flexibility index (Phi) is 8.09. The predicted molar refractivity (Wildman–Crippen MR) is 121 cm³/mol. The number of carbonyl (C=O) groups excluding carboxylic acids is 1. The van der Waals surface area contributed by atoms with Gasteiger partial charge in [-0.25, -0.2) is 4.39 Å². The molecule has 0 aliphatic carbocycles. The average Bonchev–Trinajstić information content (AvgIpc) is 3.38. The van der Waals surface area contributed by atoms with Gasteiger partial charge in [-0.3, -0.25) is 9.69 Å². The number of hydrogen-bond acceptors (Lipinski definition) is 5. The molecule has 0 bridgehead atoms. The lowest BCUT2D eigenvalue weighted by Gasteiger charge is -2.35. The van der Waals surface area contributed by atoms with E-state index >= 15 is 0 Å². The van der Waals surface area contributed by atoms with E-state index in [2.05, 4.69) is 10.2 Å². The molecule has 2 fully saturated rings. The average molecular weight is 442 g/mol. The SMILES string of the molecule is O=C(COc1ccccc1CNC[C@@H](c1ccc(F)cc1)N1CCOCC1)N1CCCC1. The molecule has 2 aliphatic rings. The maximum Gasteiger partial charge on any atom is 0.260 e. The molecule has 1 amide bonds. The fourth-order valence-corrected chi connectivity index (χ4v) is 4.36. The molecular formula is C25H32FN3O3. The van der Waals surface area contributed by atoms with E-state index in [1.807, 2.05) is 41.3 Å². The summed E-state index contributed by atoms with van der Waals surface area (Å²) < 4.78 is 24.8. The van der Waals surface area contributed by atoms with Crippen LogP contribution in [-0.4, -0.2) is 68.3 Å². The summed E-state index contributed by atoms with van der Waals surface area (Å²) in [7, 11) is 0. The first-order valence-corrected chi connectivity index (χ1v) is 11.5. The van der Waals surface area contributed by atoms with E-state index < -0.39 is 0 Å². The largest absolute Gasteiger partial charge is 0.483 e. The fourth-order valence-electron chi connectivity index (χ4n) is 4.36. The first-order valence-electron chi connectivity index (χ1n) is 11.5. The second kappa shape index (κ2) is 11.4. The molecule has 0 unspecified atom stereocenters. The van der Waals surface area contributed by atoms with Gasteiger partial charge in [-0.05, 0) is 36.6 Å². The minimum Gasteiger partial charge on any atom is -0.483 e. The van der Waals surface area contributed by atoms with Crippen LogP contribution in [0, 0.1) is 5.82 Å². The Morgan fingerprint density at radius 1 is 1.03 bits per heavy atom. The second-order valence-electron chi connectivity index (χ2n) is 8.33. The Morgan fingerprint density at radius 3 is 2.50 bits per heavy atom. The monoisotopic (exact) mass is 441 g/mol. The molecule has 4 rings (SSSR count). The quantitative estimate of drug-likeness (QED) is 0.649. The third kappa shape index (κ3) is 6.06. The van der Waals surface area contributed by atoms with Crippen LogP contribution in [0.3, 0.4) is 0 Å². The molecule has 0 radical (unpaired) electrons. The van der Waals surface area contributed by atoms with E-state index in [4.69, 9.17) is 9.47 Å². The lowest BCUT2D eigenvalue weighted by Crippen LogP contribution is -2.42. The Morgan fingerprint density at radius 2 is 1.75 bits per heavy atom. The molecule has 172 valence electrons. The van der Waals surface area contributed by atoms with E-state index in [0.29, 0.717) is 26.3 Å². The van der Waals surface area contributed by atoms with Crippen molar-refractivity contribution in [1.29, 1.82) is 0 Å². The molecule has 1 atom stereocenters. The number of ether oxygens (including phenoxy) is 2. The second-order valence-corrected chi connectivity index (χ2v) is 8.33. The van der Waals surface area contributed by atoms with Crippen LogP contribution in [0.2, 0.25) is 0 Å². The van der Waals surface area contributed by atoms with Gasteiger partial charge in [0.25, 0.3) is 5.91 Å². The highest BCUT2D eigenvalue weighted by atomic mass is 19.1. The summed E-state index contributed by atoms with van der Waals surface area (Å²) >= 11 is 0. The van der Waals surface area contributed by atoms with E-state index in [1.54, 1.807) is 0 Å². The number of nitrogens with zero attached hydrogens (tertiary/aromatic N) is 2. The molecule has 2 saturated heterocycles. The number of halogens is 1. The van der Waals surface area contributed by atoms with Crippen molar-refractivity contribution in [2.75, 3.05) is 52.5 Å². The van der Waals surface area contributed by atoms with Crippen molar-refractivity contribution in [3.05, 3.63) is 65.5 Å². The molecule has 2 aromatic carbocycles. The zero-order chi connectivity index (χ0) is 22.2. The third-order valence-electron chi connectivity index (χ3n) is 6.18. The number of hydrogen-bond donors (Lipinski definition) is 1. The predicted octanol–water partition coefficient (Wildman–Crippen LogP) is 2.99. The van der Waals surface area contributed by atoms with E-state index in [-0.39, 0.29) is 24.4 Å². The van der Waals surface area contributed by atoms with E-state index in [1.165, 1.54) is 12.1 Å². The highest BCUT2D eigenvalue weighted by Gasteiger charge is 2.23. The summed E-state index contributed by atoms with van der Waals surface area (Å²) in [6.07, 6.45) is 2.15. The van der Waals surface area contributed by atoms with Crippen LogP contribution in [0.15, 0.2) is 48.5 Å². The van der Waals surface area contributed by atoms with Gasteiger partial charge in [0.2, 0.25) is 0 Å². The fraction of sp³-hybridized carbons (Fsp3) is 0.480. The van der Waals surface area contributed by atoms with Gasteiger partial charge in [0.05, 0.1) is 13.2 Å². The van der Waals surface area contributed by atoms with Crippen molar-refractivity contribution in [2.24, 2.45) is 0 Å². The zero-order valence-electron chi connectivity index (χ0n) is 18.5. The molecule has 2 aromatic rings. The normalized spacial score (nSPS) is 18.0. The van der Waals surface area contributed by atoms with Gasteiger partial charge in [-0.1, -0.05) is 30.3 Å². The highest BCUT2D eigenvalue weighted by Crippen LogP contribution is 2.23. The van der Waals surface area contributed by atoms with E-state index in [0.717, 1.165) is 55.9 Å². The van der Waals surface area contributed by atoms with Crippen LogP contribution < -0.4 is 10.1 Å². The minimum absolute atomic E-state index is 0.0500. The number of nitrogens with one attached hydrogen (secondary N) is 1. The number of likely N-dealkylation sites (tertiary alicyclic amines) is 1. The highest BCUT2D eigenvalue weighted by molar-refractivity contribution is 5.78. The summed E-state index contributed by atoms with van der Waals surface area (Å²) in [5, 5.41) is 3.54. The molecule has 1 N–H and O–H groups in total. The van der Waals surface area contributed by atoms with Crippen molar-refractivity contribution < 1.29 is 18.7 Å². The van der Waals surface area contributed by atoms with Gasteiger partial charge in [0, 0.05) is 50.9 Å². The summed E-state index contributed by atoms with van der Waals surface area (Å²) in [6, 6.07) is 14.7. The van der Waals surface area contributed by atoms with Crippen molar-refractivity contribution in [3.63, 3.8) is 0 Å². The Balaban J connectivity index is 1.36. The third-order valence-corrected chi connectivity index (χ3v) is 6.18. The lowest BCUT2D eigenvalue weighted by atomic mass is 10.0. The number of amides is 1. The summed E-state index contributed by atoms with van der Waals surface area (Å²) in [5.41, 5.74) is 2.10. The Labute approximate surface area is 189 Å². The number of para-hydroxylation sites is 1. The summed E-state index contributed by atoms with van der Waals surface area (Å²) in [5.74, 6) is 0.559. The van der Waals surface area contributed by atoms with Gasteiger partial charge in [0.15, 0.2) is 6.61 Å². The summed E-state index contributed by atoms with van der Waals surface area (Å²) in [4.78, 5) is 16.6. The molecule has 2 heterocycles. The van der Waals surface area contributed by atoms with Gasteiger partial charge in [-0.2, -0.15) is 0 Å². The zero-order valence-corrected chi connectivity index (χ0v) is 18.5. The Bertz CT molecular complexity index is 865. The van der Waals surface area contributed by atoms with Crippen LogP contribution in [0.4, 0.5) is 4.39 Å². The van der Waals surface area contributed by atoms with Crippen LogP contribution in [0.5, 0.6) is 5.75 Å². The lowest BCUT2D eigenvalue weighted by molar-refractivity contribution is -0.132. The number of morpholine rings is 1. The number of benzene rings is 2. The number of carbonyl (C=O) groups is 1. The standard InChI is InChI=1S/C25H32FN3O3/c26-22-9-7-20(8-10-22)23(28-13-15-31-16-14-28)18-27-17-21-5-1-2-6-24(21)32-19-25(30)29-11-3-4-12-29/h1-2,5-10,23,27H,3-4,11-19H2/t23-/m0/s1. The van der Waals surface area contributed by atoms with Crippen LogP contribution in [0.1, 0.15) is 30.0 Å². The smallest absolute Gasteiger partial charge is 0.260 e. The van der Waals surface area contributed by atoms with Gasteiger partial charge in [-0.15, -0.1) is 0 Å². The molecule has 2 aliphatic heterocycles. The molecule has 0 spiro atoms. The first kappa shape index (κ1) is 22.7. The Hall–Kier alpha value is -2.48. The number of rotatable bonds is 9. The minimum atomic E-state index is -0.225. The molecule has 7 heteroatoms. The van der Waals surface area contributed by atoms with Crippen LogP contribution in [-0.2, 0) is 16.1 Å². The van der Waals surface area contributed by atoms with Crippen molar-refractivity contribution in [2.45, 2.75) is 25.4 Å². The molecular weight excluding hydrogens is 409 g/mol. The molecule has 0 aromatic heterocycles. The first-order chi connectivity index (χ1) is 15.7. The molecule has 0 saturated carbocycles. The van der Waals surface area contributed by atoms with E-state index in [9.17, 15) is 9.18 Å². The van der Waals surface area contributed by atoms with Gasteiger partial charge < -0.3 is 19.7 Å². The van der Waals surface area contributed by atoms with Crippen molar-refractivity contribution in [1.82, 2.24) is 15.1 Å². The van der Waals surface area contributed by atoms with Gasteiger partial charge in [0.1, 0.15) is 11.6 Å². The maximum absolute atomic E-state index is 13.4. The molecule has 6 nitrogen and oxygen atoms in total. The van der Waals surface area contributed by atoms with Crippen LogP contribution >= 0.6 is 0 Å². The van der Waals surface area contributed by atoms with Crippen molar-refractivity contribution >= 4 is 5.91 Å².